The van der Waals surface area contributed by atoms with E-state index in [4.69, 9.17) is 9.59 Å². The Balaban J connectivity index is -0.0000000309. The van der Waals surface area contributed by atoms with Gasteiger partial charge in [-0.2, -0.15) is 9.59 Å². The minimum absolute atomic E-state index is 0. The Morgan fingerprint density at radius 2 is 1.53 bits per heavy atom. The molecule has 9 heteroatoms. The molecule has 7 nitrogen and oxygen atoms in total. The predicted molar refractivity (Wildman–Crippen MR) is 78.9 cm³/mol. The summed E-state index contributed by atoms with van der Waals surface area (Å²) in [5.41, 5.74) is 0. The molecule has 0 heterocycles. The maximum absolute atomic E-state index is 10.2. The third-order valence-corrected chi connectivity index (χ3v) is 1.81. The van der Waals surface area contributed by atoms with Crippen molar-refractivity contribution < 1.29 is 41.7 Å². The van der Waals surface area contributed by atoms with Crippen LogP contribution in [0.4, 0.5) is 4.79 Å². The molecule has 0 saturated carbocycles. The van der Waals surface area contributed by atoms with Crippen molar-refractivity contribution in [2.24, 2.45) is 0 Å². The van der Waals surface area contributed by atoms with Crippen LogP contribution in [0, 0.1) is 0 Å². The van der Waals surface area contributed by atoms with Crippen LogP contribution in [0.25, 0.3) is 0 Å². The smallest absolute Gasteiger partial charge is 0.408 e. The van der Waals surface area contributed by atoms with Crippen molar-refractivity contribution >= 4 is 34.8 Å². The third kappa shape index (κ3) is 95.9. The standard InChI is InChI=1S/C4H9NO2.C3H7I.C2H7N.CO2.Cu.H2O/c1-5(2)4(6)7-3;1-2-3-4;1-3-2;2-1-3;;/h1-3H3;2-3H2,1H3;3H,1-2H3;;;1H2. The summed E-state index contributed by atoms with van der Waals surface area (Å²) in [4.78, 5) is 27.8. The summed E-state index contributed by atoms with van der Waals surface area (Å²) in [5, 5.41) is 2.75. The van der Waals surface area contributed by atoms with Crippen molar-refractivity contribution in [3.05, 3.63) is 0 Å². The summed E-state index contributed by atoms with van der Waals surface area (Å²) in [6.45, 7) is 2.17. The molecule has 0 aromatic heterocycles. The first-order valence-corrected chi connectivity index (χ1v) is 6.34. The van der Waals surface area contributed by atoms with Crippen LogP contribution in [0.15, 0.2) is 0 Å². The Morgan fingerprint density at radius 3 is 1.53 bits per heavy atom. The molecule has 0 atom stereocenters. The van der Waals surface area contributed by atoms with E-state index in [0.717, 1.165) is 0 Å². The first kappa shape index (κ1) is 36.4. The van der Waals surface area contributed by atoms with Crippen molar-refractivity contribution in [3.8, 4) is 0 Å². The monoisotopic (exact) mass is 443 g/mol. The number of carbonyl (C=O) groups is 1. The van der Waals surface area contributed by atoms with Gasteiger partial charge in [0, 0.05) is 31.2 Å². The second-order valence-corrected chi connectivity index (χ2v) is 3.72. The van der Waals surface area contributed by atoms with Gasteiger partial charge in [-0.1, -0.05) is 29.5 Å². The van der Waals surface area contributed by atoms with Gasteiger partial charge in [0.05, 0.1) is 7.11 Å². The van der Waals surface area contributed by atoms with E-state index >= 15 is 0 Å². The first-order valence-electron chi connectivity index (χ1n) is 4.82. The third-order valence-electron chi connectivity index (χ3n) is 0.729. The Bertz CT molecular complexity index is 177. The summed E-state index contributed by atoms with van der Waals surface area (Å²) >= 11 is 2.35. The molecular weight excluding hydrogens is 419 g/mol. The zero-order valence-corrected chi connectivity index (χ0v) is 15.3. The van der Waals surface area contributed by atoms with Crippen LogP contribution in [0.5, 0.6) is 0 Å². The van der Waals surface area contributed by atoms with Crippen molar-refractivity contribution in [2.45, 2.75) is 13.3 Å². The number of nitrogens with zero attached hydrogens (tertiary/aromatic N) is 1. The topological polar surface area (TPSA) is 107 Å². The molecule has 0 aromatic rings. The molecule has 0 fully saturated rings. The van der Waals surface area contributed by atoms with Gasteiger partial charge in [-0.05, 0) is 24.9 Å². The van der Waals surface area contributed by atoms with Crippen LogP contribution >= 0.6 is 22.6 Å². The number of methoxy groups -OCH3 is 1. The van der Waals surface area contributed by atoms with Gasteiger partial charge in [0.25, 0.3) is 0 Å². The Labute approximate surface area is 139 Å². The number of hydrogen-bond donors (Lipinski definition) is 1. The van der Waals surface area contributed by atoms with Crippen molar-refractivity contribution in [1.82, 2.24) is 10.2 Å². The summed E-state index contributed by atoms with van der Waals surface area (Å²) in [5.74, 6) is 0. The summed E-state index contributed by atoms with van der Waals surface area (Å²) in [7, 11) is 8.36. The number of amides is 1. The van der Waals surface area contributed by atoms with Gasteiger partial charge in [0.1, 0.15) is 0 Å². The van der Waals surface area contributed by atoms with Gasteiger partial charge in [0.15, 0.2) is 0 Å². The first-order chi connectivity index (χ1) is 7.92. The number of alkyl halides is 1. The number of halogens is 1. The molecule has 1 amide bonds. The van der Waals surface area contributed by atoms with Gasteiger partial charge in [-0.25, -0.2) is 4.79 Å². The Hall–Kier alpha value is -0.181. The molecule has 0 aliphatic carbocycles. The largest absolute Gasteiger partial charge is 0.453 e. The molecular formula is C10H25CuIN2O5. The molecule has 0 aliphatic rings. The second kappa shape index (κ2) is 43.1. The van der Waals surface area contributed by atoms with Gasteiger partial charge in [-0.3, -0.25) is 0 Å². The molecule has 0 rings (SSSR count). The van der Waals surface area contributed by atoms with E-state index in [1.54, 1.807) is 14.1 Å². The SMILES string of the molecule is CCCI.CNC.COC(=O)N(C)C.O.O=C=O.[Cu]. The van der Waals surface area contributed by atoms with Crippen LogP contribution in [0.3, 0.4) is 0 Å². The molecule has 0 aliphatic heterocycles. The molecule has 0 bridgehead atoms. The zero-order chi connectivity index (χ0) is 14.7. The molecule has 0 saturated heterocycles. The van der Waals surface area contributed by atoms with E-state index in [2.05, 4.69) is 39.6 Å². The Morgan fingerprint density at radius 1 is 1.32 bits per heavy atom. The number of carbonyl (C=O) groups excluding carboxylic acids is 3. The van der Waals surface area contributed by atoms with Crippen LogP contribution in [-0.4, -0.2) is 62.3 Å². The summed E-state index contributed by atoms with van der Waals surface area (Å²) in [6.07, 6.45) is 1.24. The Kier molecular flexibility index (Phi) is 82.4. The van der Waals surface area contributed by atoms with E-state index in [1.165, 1.54) is 22.9 Å². The average Bonchev–Trinajstić information content (AvgIpc) is 2.30. The number of ether oxygens (including phenoxy) is 1. The van der Waals surface area contributed by atoms with E-state index < -0.39 is 0 Å². The molecule has 3 N–H and O–H groups in total. The molecule has 1 radical (unpaired) electrons. The molecule has 123 valence electrons. The van der Waals surface area contributed by atoms with Crippen LogP contribution in [-0.2, 0) is 31.4 Å². The quantitative estimate of drug-likeness (QED) is 0.362. The number of nitrogens with one attached hydrogen (secondary N) is 1. The van der Waals surface area contributed by atoms with Crippen molar-refractivity contribution in [1.29, 1.82) is 0 Å². The minimum atomic E-state index is -0.319. The predicted octanol–water partition coefficient (Wildman–Crippen LogP) is 0.571. The minimum Gasteiger partial charge on any atom is -0.453 e. The van der Waals surface area contributed by atoms with Crippen LogP contribution in [0.2, 0.25) is 0 Å². The summed E-state index contributed by atoms with van der Waals surface area (Å²) < 4.78 is 5.59. The van der Waals surface area contributed by atoms with Gasteiger partial charge in [0.2, 0.25) is 0 Å². The van der Waals surface area contributed by atoms with Crippen molar-refractivity contribution in [3.63, 3.8) is 0 Å². The second-order valence-electron chi connectivity index (χ2n) is 2.64. The molecule has 0 spiro atoms. The average molecular weight is 444 g/mol. The molecule has 19 heavy (non-hydrogen) atoms. The normalized spacial score (nSPS) is 5.84. The van der Waals surface area contributed by atoms with Gasteiger partial charge < -0.3 is 20.4 Å². The summed E-state index contributed by atoms with van der Waals surface area (Å²) in [6, 6.07) is 0. The van der Waals surface area contributed by atoms with E-state index in [9.17, 15) is 4.79 Å². The van der Waals surface area contributed by atoms with Crippen LogP contribution in [0.1, 0.15) is 13.3 Å². The van der Waals surface area contributed by atoms with E-state index in [0.29, 0.717) is 0 Å². The zero-order valence-electron chi connectivity index (χ0n) is 12.2. The number of rotatable bonds is 1. The van der Waals surface area contributed by atoms with Gasteiger partial charge >= 0.3 is 12.2 Å². The van der Waals surface area contributed by atoms with E-state index in [1.807, 2.05) is 14.1 Å². The fraction of sp³-hybridized carbons (Fsp3) is 0.800. The molecule has 0 aromatic carbocycles. The van der Waals surface area contributed by atoms with E-state index in [-0.39, 0.29) is 34.8 Å². The number of hydrogen-bond acceptors (Lipinski definition) is 5. The molecule has 0 unspecified atom stereocenters. The fourth-order valence-corrected chi connectivity index (χ4v) is 0.183. The maximum Gasteiger partial charge on any atom is 0.408 e. The van der Waals surface area contributed by atoms with Crippen LogP contribution < -0.4 is 5.32 Å². The van der Waals surface area contributed by atoms with Gasteiger partial charge in [-0.15, -0.1) is 0 Å². The maximum atomic E-state index is 10.2. The van der Waals surface area contributed by atoms with Crippen molar-refractivity contribution in [2.75, 3.05) is 39.7 Å². The fourth-order valence-electron chi connectivity index (χ4n) is 0.183.